The Balaban J connectivity index is 1.36. The van der Waals surface area contributed by atoms with Crippen LogP contribution in [0.15, 0.2) is 12.7 Å². The summed E-state index contributed by atoms with van der Waals surface area (Å²) in [5.74, 6) is 5.40. The van der Waals surface area contributed by atoms with Gasteiger partial charge in [-0.15, -0.1) is 6.58 Å². The Morgan fingerprint density at radius 3 is 2.52 bits per heavy atom. The lowest BCUT2D eigenvalue weighted by atomic mass is 9.44. The molecular weight excluding hydrogens is 404 g/mol. The fourth-order valence-electron chi connectivity index (χ4n) is 9.32. The maximum Gasteiger partial charge on any atom is 0.306 e. The first-order chi connectivity index (χ1) is 15.8. The molecule has 0 aromatic rings. The lowest BCUT2D eigenvalue weighted by molar-refractivity contribution is -0.162. The average molecular weight is 457 g/mol. The summed E-state index contributed by atoms with van der Waals surface area (Å²) in [4.78, 5) is 12.2. The van der Waals surface area contributed by atoms with Crippen LogP contribution in [0.3, 0.4) is 0 Å². The minimum atomic E-state index is -0.0176. The third-order valence-electron chi connectivity index (χ3n) is 11.2. The molecule has 4 aliphatic carbocycles. The number of hydrogen-bond acceptors (Lipinski definition) is 2. The molecule has 0 aromatic heterocycles. The molecule has 4 rings (SSSR count). The Morgan fingerprint density at radius 1 is 1.00 bits per heavy atom. The van der Waals surface area contributed by atoms with Crippen molar-refractivity contribution >= 4 is 5.97 Å². The van der Waals surface area contributed by atoms with Gasteiger partial charge in [-0.3, -0.25) is 4.79 Å². The van der Waals surface area contributed by atoms with Gasteiger partial charge in [0.15, 0.2) is 0 Å². The van der Waals surface area contributed by atoms with E-state index in [9.17, 15) is 4.79 Å². The monoisotopic (exact) mass is 456 g/mol. The van der Waals surface area contributed by atoms with Crippen molar-refractivity contribution in [3.63, 3.8) is 0 Å². The van der Waals surface area contributed by atoms with Crippen molar-refractivity contribution in [2.45, 2.75) is 130 Å². The quantitative estimate of drug-likeness (QED) is 0.197. The predicted octanol–water partition coefficient (Wildman–Crippen LogP) is 8.74. The van der Waals surface area contributed by atoms with Gasteiger partial charge in [-0.1, -0.05) is 53.0 Å². The van der Waals surface area contributed by atoms with E-state index in [-0.39, 0.29) is 12.1 Å². The van der Waals surface area contributed by atoms with Crippen LogP contribution in [0, 0.1) is 46.3 Å². The summed E-state index contributed by atoms with van der Waals surface area (Å²) in [6, 6.07) is 0. The smallest absolute Gasteiger partial charge is 0.306 e. The summed E-state index contributed by atoms with van der Waals surface area (Å²) in [7, 11) is 0. The highest BCUT2D eigenvalue weighted by molar-refractivity contribution is 5.69. The van der Waals surface area contributed by atoms with Crippen LogP contribution in [0.1, 0.15) is 124 Å². The second-order valence-corrected chi connectivity index (χ2v) is 13.4. The summed E-state index contributed by atoms with van der Waals surface area (Å²) in [6.45, 7) is 13.8. The number of esters is 1. The van der Waals surface area contributed by atoms with E-state index in [2.05, 4.69) is 34.3 Å². The van der Waals surface area contributed by atoms with E-state index in [4.69, 9.17) is 4.74 Å². The van der Waals surface area contributed by atoms with Crippen LogP contribution in [0.2, 0.25) is 0 Å². The number of unbranched alkanes of at least 4 members (excludes halogenated alkanes) is 1. The van der Waals surface area contributed by atoms with E-state index in [1.54, 1.807) is 0 Å². The van der Waals surface area contributed by atoms with E-state index < -0.39 is 0 Å². The molecule has 0 saturated heterocycles. The van der Waals surface area contributed by atoms with Gasteiger partial charge in [-0.05, 0) is 117 Å². The topological polar surface area (TPSA) is 26.3 Å². The minimum Gasteiger partial charge on any atom is -0.462 e. The second-order valence-electron chi connectivity index (χ2n) is 13.4. The van der Waals surface area contributed by atoms with Crippen LogP contribution in [0.4, 0.5) is 0 Å². The second kappa shape index (κ2) is 10.4. The lowest BCUT2D eigenvalue weighted by Gasteiger charge is -2.61. The number of carbonyl (C=O) groups excluding carboxylic acids is 1. The van der Waals surface area contributed by atoms with Crippen LogP contribution in [0.5, 0.6) is 0 Å². The predicted molar refractivity (Wildman–Crippen MR) is 138 cm³/mol. The molecule has 188 valence electrons. The van der Waals surface area contributed by atoms with Gasteiger partial charge in [-0.25, -0.2) is 0 Å². The molecule has 2 nitrogen and oxygen atoms in total. The van der Waals surface area contributed by atoms with Crippen molar-refractivity contribution in [3.8, 4) is 0 Å². The number of carbonyl (C=O) groups is 1. The van der Waals surface area contributed by atoms with Crippen LogP contribution < -0.4 is 0 Å². The van der Waals surface area contributed by atoms with Gasteiger partial charge >= 0.3 is 5.97 Å². The van der Waals surface area contributed by atoms with Gasteiger partial charge in [0, 0.05) is 6.42 Å². The van der Waals surface area contributed by atoms with Crippen molar-refractivity contribution in [3.05, 3.63) is 12.7 Å². The number of fused-ring (bicyclic) bond motifs is 5. The first-order valence-corrected chi connectivity index (χ1v) is 14.6. The van der Waals surface area contributed by atoms with Gasteiger partial charge in [0.2, 0.25) is 0 Å². The maximum absolute atomic E-state index is 12.2. The lowest BCUT2D eigenvalue weighted by Crippen LogP contribution is -2.54. The molecule has 0 amide bonds. The fraction of sp³-hybridized carbons (Fsp3) is 0.903. The first-order valence-electron chi connectivity index (χ1n) is 14.6. The molecule has 8 atom stereocenters. The Morgan fingerprint density at radius 2 is 1.76 bits per heavy atom. The van der Waals surface area contributed by atoms with Crippen molar-refractivity contribution in [2.24, 2.45) is 46.3 Å². The number of hydrogen-bond donors (Lipinski definition) is 0. The zero-order valence-electron chi connectivity index (χ0n) is 22.2. The molecule has 0 heterocycles. The van der Waals surface area contributed by atoms with Gasteiger partial charge in [0.1, 0.15) is 6.10 Å². The third kappa shape index (κ3) is 5.11. The van der Waals surface area contributed by atoms with Crippen molar-refractivity contribution in [1.29, 1.82) is 0 Å². The molecule has 0 radical (unpaired) electrons. The molecule has 4 saturated carbocycles. The molecule has 0 bridgehead atoms. The van der Waals surface area contributed by atoms with Crippen LogP contribution in [-0.2, 0) is 9.53 Å². The van der Waals surface area contributed by atoms with E-state index >= 15 is 0 Å². The molecule has 0 aliphatic heterocycles. The highest BCUT2D eigenvalue weighted by Crippen LogP contribution is 2.68. The van der Waals surface area contributed by atoms with Crippen molar-refractivity contribution in [2.75, 3.05) is 0 Å². The Bertz CT molecular complexity index is 682. The van der Waals surface area contributed by atoms with E-state index in [1.807, 2.05) is 6.08 Å². The Labute approximate surface area is 204 Å². The molecule has 0 N–H and O–H groups in total. The van der Waals surface area contributed by atoms with Crippen molar-refractivity contribution < 1.29 is 9.53 Å². The number of allylic oxidation sites excluding steroid dienone is 1. The summed E-state index contributed by atoms with van der Waals surface area (Å²) >= 11 is 0. The summed E-state index contributed by atoms with van der Waals surface area (Å²) in [5, 5.41) is 0. The van der Waals surface area contributed by atoms with Crippen molar-refractivity contribution in [1.82, 2.24) is 0 Å². The van der Waals surface area contributed by atoms with Crippen LogP contribution in [0.25, 0.3) is 0 Å². The Kier molecular flexibility index (Phi) is 8.01. The maximum atomic E-state index is 12.2. The van der Waals surface area contributed by atoms with Gasteiger partial charge in [0.25, 0.3) is 0 Å². The number of rotatable bonds is 9. The molecule has 33 heavy (non-hydrogen) atoms. The molecule has 3 unspecified atom stereocenters. The minimum absolute atomic E-state index is 0.0176. The van der Waals surface area contributed by atoms with Crippen LogP contribution >= 0.6 is 0 Å². The summed E-state index contributed by atoms with van der Waals surface area (Å²) in [5.41, 5.74) is 1.09. The third-order valence-corrected chi connectivity index (χ3v) is 11.2. The summed E-state index contributed by atoms with van der Waals surface area (Å²) in [6.07, 6.45) is 21.1. The van der Waals surface area contributed by atoms with Gasteiger partial charge in [0.05, 0.1) is 0 Å². The average Bonchev–Trinajstić information content (AvgIpc) is 3.11. The van der Waals surface area contributed by atoms with Gasteiger partial charge < -0.3 is 4.74 Å². The first kappa shape index (κ1) is 25.3. The Hall–Kier alpha value is -0.790. The standard InChI is InChI=1S/C31H52O2/c1-6-7-12-29(32)33-25-17-19-31(5)24(21-25)13-15-26-27-16-14-23(11-9-8-10-22(2)3)30(27,4)20-18-28(26)31/h6,22-28H,1,7-21H2,2-5H3/t23-,24?,25-,26-,27?,28?,30+,31-/m0/s1. The highest BCUT2D eigenvalue weighted by atomic mass is 16.5. The van der Waals surface area contributed by atoms with E-state index in [0.717, 1.165) is 54.8 Å². The number of ether oxygens (including phenoxy) is 1. The molecule has 4 fully saturated rings. The summed E-state index contributed by atoms with van der Waals surface area (Å²) < 4.78 is 5.90. The zero-order chi connectivity index (χ0) is 23.6. The largest absolute Gasteiger partial charge is 0.462 e. The highest BCUT2D eigenvalue weighted by Gasteiger charge is 2.60. The van der Waals surface area contributed by atoms with Crippen LogP contribution in [-0.4, -0.2) is 12.1 Å². The van der Waals surface area contributed by atoms with E-state index in [1.165, 1.54) is 70.6 Å². The normalized spacial score (nSPS) is 42.3. The molecule has 4 aliphatic rings. The fourth-order valence-corrected chi connectivity index (χ4v) is 9.32. The molecule has 0 spiro atoms. The molecule has 2 heteroatoms. The SMILES string of the molecule is C=CCCC(=O)O[C@H]1CC[C@@]2(C)C(CC[C@@H]3C2CC[C@@]2(C)C3CC[C@@H]2CCCCC(C)C)C1. The van der Waals surface area contributed by atoms with E-state index in [0.29, 0.717) is 17.3 Å². The molecule has 0 aromatic carbocycles. The zero-order valence-corrected chi connectivity index (χ0v) is 22.2. The van der Waals surface area contributed by atoms with Gasteiger partial charge in [-0.2, -0.15) is 0 Å². The molecular formula is C31H52O2.